The number of phenolic OH excluding ortho intramolecular Hbond substituents is 2. The maximum absolute atomic E-state index is 12.1. The van der Waals surface area contributed by atoms with Crippen LogP contribution in [0.15, 0.2) is 12.1 Å². The molecule has 20 heavy (non-hydrogen) atoms. The van der Waals surface area contributed by atoms with Crippen molar-refractivity contribution in [2.24, 2.45) is 0 Å². The third-order valence-electron chi connectivity index (χ3n) is 3.87. The molecule has 0 aromatic heterocycles. The molecule has 2 aromatic rings. The van der Waals surface area contributed by atoms with E-state index in [1.54, 1.807) is 13.2 Å². The summed E-state index contributed by atoms with van der Waals surface area (Å²) in [6, 6.07) is 3.42. The number of ether oxygens (including phenoxy) is 1. The standard InChI is InChI=1S/C16H16O4/c1-8-6-10-14(12(18)7-8)15(19)13-9(16(10)20-2)4-3-5-11(13)17/h6-7,18-19H,3-5H2,1-2H3. The second-order valence-corrected chi connectivity index (χ2v) is 5.22. The summed E-state index contributed by atoms with van der Waals surface area (Å²) in [6.07, 6.45) is 1.87. The zero-order valence-corrected chi connectivity index (χ0v) is 11.5. The van der Waals surface area contributed by atoms with Crippen LogP contribution in [0.2, 0.25) is 0 Å². The molecule has 0 radical (unpaired) electrons. The van der Waals surface area contributed by atoms with Gasteiger partial charge in [-0.1, -0.05) is 0 Å². The quantitative estimate of drug-likeness (QED) is 0.837. The van der Waals surface area contributed by atoms with Gasteiger partial charge in [0.25, 0.3) is 0 Å². The molecule has 0 saturated carbocycles. The van der Waals surface area contributed by atoms with Crippen LogP contribution in [0, 0.1) is 6.92 Å². The van der Waals surface area contributed by atoms with Gasteiger partial charge >= 0.3 is 0 Å². The number of carbonyl (C=O) groups excluding carboxylic acids is 1. The number of phenols is 2. The Morgan fingerprint density at radius 1 is 1.20 bits per heavy atom. The van der Waals surface area contributed by atoms with Crippen LogP contribution in [-0.4, -0.2) is 23.1 Å². The van der Waals surface area contributed by atoms with Crippen LogP contribution in [-0.2, 0) is 6.42 Å². The highest BCUT2D eigenvalue weighted by molar-refractivity contribution is 6.11. The van der Waals surface area contributed by atoms with Gasteiger partial charge in [0.05, 0.1) is 18.1 Å². The van der Waals surface area contributed by atoms with E-state index in [1.807, 2.05) is 13.0 Å². The number of aryl methyl sites for hydroxylation is 1. The summed E-state index contributed by atoms with van der Waals surface area (Å²) < 4.78 is 5.46. The molecule has 4 heteroatoms. The molecule has 0 saturated heterocycles. The number of methoxy groups -OCH3 is 1. The molecule has 4 nitrogen and oxygen atoms in total. The van der Waals surface area contributed by atoms with E-state index in [4.69, 9.17) is 4.74 Å². The van der Waals surface area contributed by atoms with Crippen LogP contribution in [0.3, 0.4) is 0 Å². The average molecular weight is 272 g/mol. The van der Waals surface area contributed by atoms with Gasteiger partial charge in [-0.2, -0.15) is 0 Å². The molecule has 2 N–H and O–H groups in total. The zero-order valence-electron chi connectivity index (χ0n) is 11.5. The minimum absolute atomic E-state index is 0.0306. The van der Waals surface area contributed by atoms with E-state index in [1.165, 1.54) is 0 Å². The molecule has 1 aliphatic rings. The first-order chi connectivity index (χ1) is 9.54. The fourth-order valence-corrected chi connectivity index (χ4v) is 3.06. The van der Waals surface area contributed by atoms with Gasteiger partial charge in [-0.3, -0.25) is 4.79 Å². The summed E-state index contributed by atoms with van der Waals surface area (Å²) in [5.41, 5.74) is 1.92. The Kier molecular flexibility index (Phi) is 2.82. The van der Waals surface area contributed by atoms with Crippen LogP contribution in [0.25, 0.3) is 10.8 Å². The smallest absolute Gasteiger partial charge is 0.167 e. The first-order valence-electron chi connectivity index (χ1n) is 6.63. The van der Waals surface area contributed by atoms with Gasteiger partial charge in [0, 0.05) is 17.4 Å². The molecule has 0 aliphatic heterocycles. The highest BCUT2D eigenvalue weighted by Crippen LogP contribution is 2.46. The molecular formula is C16H16O4. The summed E-state index contributed by atoms with van der Waals surface area (Å²) >= 11 is 0. The van der Waals surface area contributed by atoms with Crippen molar-refractivity contribution in [3.8, 4) is 17.2 Å². The molecule has 0 bridgehead atoms. The summed E-state index contributed by atoms with van der Waals surface area (Å²) in [5.74, 6) is 0.332. The maximum Gasteiger partial charge on any atom is 0.167 e. The molecule has 1 aliphatic carbocycles. The largest absolute Gasteiger partial charge is 0.507 e. The van der Waals surface area contributed by atoms with E-state index < -0.39 is 0 Å². The van der Waals surface area contributed by atoms with Crippen molar-refractivity contribution < 1.29 is 19.7 Å². The van der Waals surface area contributed by atoms with Crippen molar-refractivity contribution in [3.05, 3.63) is 28.8 Å². The topological polar surface area (TPSA) is 66.8 Å². The summed E-state index contributed by atoms with van der Waals surface area (Å²) in [5, 5.41) is 21.5. The molecule has 2 aromatic carbocycles. The first kappa shape index (κ1) is 12.8. The number of benzene rings is 2. The highest BCUT2D eigenvalue weighted by Gasteiger charge is 2.28. The van der Waals surface area contributed by atoms with Crippen molar-refractivity contribution >= 4 is 16.6 Å². The lowest BCUT2D eigenvalue weighted by atomic mass is 9.86. The average Bonchev–Trinajstić information content (AvgIpc) is 2.38. The second kappa shape index (κ2) is 4.40. The molecule has 0 fully saturated rings. The van der Waals surface area contributed by atoms with E-state index in [0.29, 0.717) is 34.9 Å². The Hall–Kier alpha value is -2.23. The minimum atomic E-state index is -0.127. The number of hydrogen-bond acceptors (Lipinski definition) is 4. The van der Waals surface area contributed by atoms with Crippen molar-refractivity contribution in [2.45, 2.75) is 26.2 Å². The summed E-state index contributed by atoms with van der Waals surface area (Å²) in [4.78, 5) is 12.1. The molecule has 3 rings (SSSR count). The predicted molar refractivity (Wildman–Crippen MR) is 75.8 cm³/mol. The van der Waals surface area contributed by atoms with E-state index in [0.717, 1.165) is 17.5 Å². The van der Waals surface area contributed by atoms with Crippen LogP contribution < -0.4 is 4.74 Å². The number of rotatable bonds is 1. The molecule has 0 unspecified atom stereocenters. The fraction of sp³-hybridized carbons (Fsp3) is 0.312. The third-order valence-corrected chi connectivity index (χ3v) is 3.87. The Bertz CT molecular complexity index is 731. The zero-order chi connectivity index (χ0) is 14.4. The number of aromatic hydroxyl groups is 2. The van der Waals surface area contributed by atoms with Crippen molar-refractivity contribution in [2.75, 3.05) is 7.11 Å². The van der Waals surface area contributed by atoms with E-state index in [2.05, 4.69) is 0 Å². The van der Waals surface area contributed by atoms with Crippen LogP contribution in [0.4, 0.5) is 0 Å². The van der Waals surface area contributed by atoms with Gasteiger partial charge in [0.15, 0.2) is 5.78 Å². The lowest BCUT2D eigenvalue weighted by Gasteiger charge is -2.22. The number of hydrogen-bond donors (Lipinski definition) is 2. The molecule has 0 amide bonds. The number of ketones is 1. The van der Waals surface area contributed by atoms with Gasteiger partial charge in [-0.15, -0.1) is 0 Å². The van der Waals surface area contributed by atoms with Gasteiger partial charge in [-0.25, -0.2) is 0 Å². The summed E-state index contributed by atoms with van der Waals surface area (Å²) in [7, 11) is 1.55. The number of fused-ring (bicyclic) bond motifs is 2. The molecule has 104 valence electrons. The van der Waals surface area contributed by atoms with Crippen LogP contribution in [0.1, 0.15) is 34.3 Å². The Morgan fingerprint density at radius 2 is 1.95 bits per heavy atom. The third kappa shape index (κ3) is 1.64. The molecule has 0 heterocycles. The maximum atomic E-state index is 12.1. The molecular weight excluding hydrogens is 256 g/mol. The van der Waals surface area contributed by atoms with Gasteiger partial charge in [-0.05, 0) is 37.5 Å². The highest BCUT2D eigenvalue weighted by atomic mass is 16.5. The van der Waals surface area contributed by atoms with Crippen LogP contribution in [0.5, 0.6) is 17.2 Å². The summed E-state index contributed by atoms with van der Waals surface area (Å²) in [6.45, 7) is 1.86. The molecule has 0 spiro atoms. The Balaban J connectivity index is 2.53. The van der Waals surface area contributed by atoms with Gasteiger partial charge in [0.1, 0.15) is 17.2 Å². The normalized spacial score (nSPS) is 14.4. The lowest BCUT2D eigenvalue weighted by molar-refractivity contribution is 0.0969. The van der Waals surface area contributed by atoms with Crippen molar-refractivity contribution in [1.82, 2.24) is 0 Å². The monoisotopic (exact) mass is 272 g/mol. The van der Waals surface area contributed by atoms with E-state index in [9.17, 15) is 15.0 Å². The number of Topliss-reactive ketones (excluding diaryl/α,β-unsaturated/α-hetero) is 1. The van der Waals surface area contributed by atoms with Gasteiger partial charge in [0.2, 0.25) is 0 Å². The van der Waals surface area contributed by atoms with Crippen molar-refractivity contribution in [3.63, 3.8) is 0 Å². The Labute approximate surface area is 116 Å². The van der Waals surface area contributed by atoms with Crippen molar-refractivity contribution in [1.29, 1.82) is 0 Å². The Morgan fingerprint density at radius 3 is 2.65 bits per heavy atom. The lowest BCUT2D eigenvalue weighted by Crippen LogP contribution is -2.13. The van der Waals surface area contributed by atoms with E-state index >= 15 is 0 Å². The molecule has 0 atom stereocenters. The minimum Gasteiger partial charge on any atom is -0.507 e. The van der Waals surface area contributed by atoms with Gasteiger partial charge < -0.3 is 14.9 Å². The number of carbonyl (C=O) groups is 1. The SMILES string of the molecule is COc1c2c(c(O)c3c(O)cc(C)cc13)C(=O)CCC2. The van der Waals surface area contributed by atoms with E-state index in [-0.39, 0.29) is 17.3 Å². The second-order valence-electron chi connectivity index (χ2n) is 5.22. The fourth-order valence-electron chi connectivity index (χ4n) is 3.06. The predicted octanol–water partition coefficient (Wildman–Crippen LogP) is 3.09. The first-order valence-corrected chi connectivity index (χ1v) is 6.63. The van der Waals surface area contributed by atoms with Crippen LogP contribution >= 0.6 is 0 Å².